The molecule has 9 rings (SSSR count). The van der Waals surface area contributed by atoms with Gasteiger partial charge in [-0.15, -0.1) is 28.7 Å². The fourth-order valence-electron chi connectivity index (χ4n) is 7.44. The van der Waals surface area contributed by atoms with E-state index in [4.69, 9.17) is 9.97 Å². The van der Waals surface area contributed by atoms with E-state index in [1.54, 1.807) is 0 Å². The first kappa shape index (κ1) is 34.9. The molecule has 0 bridgehead atoms. The third-order valence-corrected chi connectivity index (χ3v) is 10.4. The molecule has 0 amide bonds. The third kappa shape index (κ3) is 6.13. The van der Waals surface area contributed by atoms with E-state index < -0.39 is 0 Å². The third-order valence-electron chi connectivity index (χ3n) is 10.4. The van der Waals surface area contributed by atoms with Gasteiger partial charge in [0.15, 0.2) is 0 Å². The van der Waals surface area contributed by atoms with E-state index in [1.165, 1.54) is 21.9 Å². The smallest absolute Gasteiger partial charge is 0.656 e. The monoisotopic (exact) mass is 867 g/mol. The first-order valence-electron chi connectivity index (χ1n) is 18.1. The van der Waals surface area contributed by atoms with Gasteiger partial charge in [0.25, 0.3) is 0 Å². The molecule has 3 heterocycles. The van der Waals surface area contributed by atoms with Crippen LogP contribution in [0.1, 0.15) is 52.7 Å². The Bertz CT molecular complexity index is 2740. The average Bonchev–Trinajstić information content (AvgIpc) is 3.69. The normalized spacial score (nSPS) is 12.2. The Labute approximate surface area is 327 Å². The molecular weight excluding hydrogens is 828 g/mol. The standard InChI is InChI=1S/C49H40N3.Au/c1-48(2,3)35-21-23-43-40(28-35)41-29-36(49(4,5)6)30-42(46(41)50-43)44-24-22-39-38-19-13-14-20-45(38)52(47(39)51-44)37-26-33(31-15-9-7-10-16-31)25-34(27-37)32-17-11-8-12-18-32;/h7-17,19-26,28-30H,1-6H3;/q-3;+3. The largest absolute Gasteiger partial charge is 3.00 e. The van der Waals surface area contributed by atoms with Gasteiger partial charge in [-0.25, -0.2) is 16.1 Å². The summed E-state index contributed by atoms with van der Waals surface area (Å²) < 4.78 is 2.28. The van der Waals surface area contributed by atoms with Crippen LogP contribution >= 0.6 is 0 Å². The van der Waals surface area contributed by atoms with Crippen LogP contribution in [0.15, 0.2) is 133 Å². The summed E-state index contributed by atoms with van der Waals surface area (Å²) in [6.07, 6.45) is 0. The van der Waals surface area contributed by atoms with Gasteiger partial charge in [0.05, 0.1) is 11.2 Å². The molecule has 0 spiro atoms. The Morgan fingerprint density at radius 2 is 1.32 bits per heavy atom. The summed E-state index contributed by atoms with van der Waals surface area (Å²) in [6, 6.07) is 54.8. The zero-order valence-corrected chi connectivity index (χ0v) is 33.0. The molecule has 9 aromatic rings. The SMILES string of the molecule is CC(C)(C)c1ccc2[n-]c3c(-c4ccc5c6ccccc6n(-c6[c-]c(-c7[c-]cccc7)cc(-c7ccccc7)c6)c5n4)cc(C(C)(C)C)cc3c2c1.[Au+3]. The van der Waals surface area contributed by atoms with Gasteiger partial charge in [-0.2, -0.15) is 36.4 Å². The summed E-state index contributed by atoms with van der Waals surface area (Å²) in [5.41, 5.74) is 13.7. The Kier molecular flexibility index (Phi) is 8.58. The number of hydrogen-bond acceptors (Lipinski definition) is 1. The van der Waals surface area contributed by atoms with E-state index in [2.05, 4.69) is 180 Å². The molecule has 0 aliphatic heterocycles. The maximum absolute atomic E-state index is 5.56. The zero-order valence-electron chi connectivity index (χ0n) is 30.8. The molecule has 3 nitrogen and oxygen atoms in total. The minimum Gasteiger partial charge on any atom is -0.656 e. The molecule has 3 aromatic heterocycles. The van der Waals surface area contributed by atoms with Crippen LogP contribution in [-0.4, -0.2) is 9.55 Å². The minimum atomic E-state index is -0.0646. The first-order valence-corrected chi connectivity index (χ1v) is 18.1. The first-order chi connectivity index (χ1) is 25.0. The van der Waals surface area contributed by atoms with Gasteiger partial charge in [0.2, 0.25) is 0 Å². The molecule has 0 aliphatic rings. The van der Waals surface area contributed by atoms with E-state index in [9.17, 15) is 0 Å². The molecule has 0 atom stereocenters. The van der Waals surface area contributed by atoms with Crippen molar-refractivity contribution in [3.63, 3.8) is 0 Å². The number of aromatic nitrogens is 3. The zero-order chi connectivity index (χ0) is 35.8. The summed E-state index contributed by atoms with van der Waals surface area (Å²) in [7, 11) is 0. The predicted octanol–water partition coefficient (Wildman–Crippen LogP) is 12.6. The van der Waals surface area contributed by atoms with E-state index in [0.717, 1.165) is 72.2 Å². The van der Waals surface area contributed by atoms with Gasteiger partial charge in [-0.1, -0.05) is 120 Å². The fraction of sp³-hybridized carbons (Fsp3) is 0.163. The van der Waals surface area contributed by atoms with Crippen molar-refractivity contribution in [2.75, 3.05) is 0 Å². The van der Waals surface area contributed by atoms with Gasteiger partial charge >= 0.3 is 22.4 Å². The summed E-state index contributed by atoms with van der Waals surface area (Å²) in [6.45, 7) is 13.6. The number of nitrogens with zero attached hydrogens (tertiary/aromatic N) is 3. The van der Waals surface area contributed by atoms with Crippen LogP contribution in [0.5, 0.6) is 0 Å². The van der Waals surface area contributed by atoms with E-state index in [-0.39, 0.29) is 33.2 Å². The Hall–Kier alpha value is -5.19. The van der Waals surface area contributed by atoms with Crippen molar-refractivity contribution < 1.29 is 22.4 Å². The van der Waals surface area contributed by atoms with Crippen molar-refractivity contribution in [3.05, 3.63) is 157 Å². The summed E-state index contributed by atoms with van der Waals surface area (Å²) >= 11 is 0. The number of para-hydroxylation sites is 1. The molecule has 0 saturated heterocycles. The molecule has 53 heavy (non-hydrogen) atoms. The number of fused-ring (bicyclic) bond motifs is 6. The Morgan fingerprint density at radius 1 is 0.585 bits per heavy atom. The van der Waals surface area contributed by atoms with Gasteiger partial charge in [0, 0.05) is 10.8 Å². The molecule has 0 aliphatic carbocycles. The Balaban J connectivity index is 0.00000400. The molecule has 0 saturated carbocycles. The molecule has 0 N–H and O–H groups in total. The van der Waals surface area contributed by atoms with Crippen molar-refractivity contribution in [2.24, 2.45) is 0 Å². The number of benzene rings is 6. The summed E-state index contributed by atoms with van der Waals surface area (Å²) in [5, 5.41) is 4.63. The summed E-state index contributed by atoms with van der Waals surface area (Å²) in [5.74, 6) is 0. The maximum atomic E-state index is 5.56. The second kappa shape index (κ2) is 13.0. The molecule has 0 unspecified atom stereocenters. The molecular formula is C49H40AuN3. The van der Waals surface area contributed by atoms with Crippen LogP contribution in [0, 0.1) is 12.1 Å². The van der Waals surface area contributed by atoms with Gasteiger partial charge in [-0.05, 0) is 67.7 Å². The molecule has 6 aromatic carbocycles. The minimum absolute atomic E-state index is 0. The molecule has 262 valence electrons. The Morgan fingerprint density at radius 3 is 2.08 bits per heavy atom. The number of pyridine rings is 1. The molecule has 0 fully saturated rings. The summed E-state index contributed by atoms with van der Waals surface area (Å²) in [4.78, 5) is 10.8. The van der Waals surface area contributed by atoms with Crippen molar-refractivity contribution >= 4 is 43.7 Å². The molecule has 0 radical (unpaired) electrons. The van der Waals surface area contributed by atoms with E-state index in [0.29, 0.717) is 0 Å². The maximum Gasteiger partial charge on any atom is 3.00 e. The van der Waals surface area contributed by atoms with Crippen LogP contribution in [0.25, 0.3) is 82.9 Å². The second-order valence-corrected chi connectivity index (χ2v) is 16.0. The number of hydrogen-bond donors (Lipinski definition) is 0. The van der Waals surface area contributed by atoms with Gasteiger partial charge in [0.1, 0.15) is 5.65 Å². The number of rotatable bonds is 4. The van der Waals surface area contributed by atoms with E-state index >= 15 is 0 Å². The predicted molar refractivity (Wildman–Crippen MR) is 218 cm³/mol. The van der Waals surface area contributed by atoms with Crippen LogP contribution in [0.4, 0.5) is 0 Å². The van der Waals surface area contributed by atoms with Crippen LogP contribution in [0.2, 0.25) is 0 Å². The molecule has 4 heteroatoms. The van der Waals surface area contributed by atoms with Gasteiger partial charge in [-0.3, -0.25) is 0 Å². The van der Waals surface area contributed by atoms with Gasteiger partial charge < -0.3 is 9.55 Å². The quantitative estimate of drug-likeness (QED) is 0.130. The fourth-order valence-corrected chi connectivity index (χ4v) is 7.44. The van der Waals surface area contributed by atoms with Crippen molar-refractivity contribution in [2.45, 2.75) is 52.4 Å². The van der Waals surface area contributed by atoms with Crippen molar-refractivity contribution in [3.8, 4) is 39.2 Å². The van der Waals surface area contributed by atoms with Crippen LogP contribution in [0.3, 0.4) is 0 Å². The van der Waals surface area contributed by atoms with Crippen LogP contribution < -0.4 is 4.98 Å². The van der Waals surface area contributed by atoms with Crippen molar-refractivity contribution in [1.82, 2.24) is 14.5 Å². The second-order valence-electron chi connectivity index (χ2n) is 16.0. The van der Waals surface area contributed by atoms with Crippen molar-refractivity contribution in [1.29, 1.82) is 0 Å². The van der Waals surface area contributed by atoms with Crippen LogP contribution in [-0.2, 0) is 33.2 Å². The topological polar surface area (TPSA) is 31.9 Å². The average molecular weight is 868 g/mol. The van der Waals surface area contributed by atoms with E-state index in [1.807, 2.05) is 12.1 Å².